The summed E-state index contributed by atoms with van der Waals surface area (Å²) in [4.78, 5) is 4.38. The largest absolute Gasteiger partial charge is 0.378 e. The molecule has 136 valence electrons. The van der Waals surface area contributed by atoms with Gasteiger partial charge in [0.1, 0.15) is 6.04 Å². The molecule has 0 bridgehead atoms. The summed E-state index contributed by atoms with van der Waals surface area (Å²) in [5.41, 5.74) is 0. The number of hydrogen-bond donors (Lipinski definition) is 0. The molecule has 3 rings (SSSR count). The van der Waals surface area contributed by atoms with Crippen LogP contribution in [0.15, 0.2) is 4.52 Å². The van der Waals surface area contributed by atoms with Gasteiger partial charge in [-0.15, -0.1) is 0 Å². The molecular formula is C15H26N4O4S. The van der Waals surface area contributed by atoms with Crippen molar-refractivity contribution in [2.45, 2.75) is 51.5 Å². The van der Waals surface area contributed by atoms with Gasteiger partial charge in [0.25, 0.3) is 10.2 Å². The van der Waals surface area contributed by atoms with Gasteiger partial charge in [-0.05, 0) is 12.8 Å². The Bertz CT molecular complexity index is 638. The normalized spacial score (nSPS) is 25.0. The van der Waals surface area contributed by atoms with Crippen LogP contribution in [0.5, 0.6) is 0 Å². The second-order valence-electron chi connectivity index (χ2n) is 6.67. The van der Waals surface area contributed by atoms with Crippen LogP contribution in [0, 0.1) is 0 Å². The lowest BCUT2D eigenvalue weighted by Gasteiger charge is -2.36. The van der Waals surface area contributed by atoms with Crippen LogP contribution in [0.2, 0.25) is 0 Å². The van der Waals surface area contributed by atoms with E-state index in [2.05, 4.69) is 10.1 Å². The summed E-state index contributed by atoms with van der Waals surface area (Å²) < 4.78 is 40.1. The molecule has 1 atom stereocenters. The minimum atomic E-state index is -3.55. The molecule has 3 heterocycles. The van der Waals surface area contributed by atoms with E-state index in [1.807, 2.05) is 13.8 Å². The standard InChI is InChI=1S/C15H26N4O4S/c1-12(2)15-16-14(17-23-15)13-11-22-10-9-19(13)24(20,21)18-7-5-3-4-6-8-18/h12-13H,3-11H2,1-2H3. The number of nitrogens with zero attached hydrogens (tertiary/aromatic N) is 4. The van der Waals surface area contributed by atoms with Gasteiger partial charge >= 0.3 is 0 Å². The molecule has 1 aromatic heterocycles. The average molecular weight is 358 g/mol. The van der Waals surface area contributed by atoms with E-state index in [0.29, 0.717) is 38.0 Å². The van der Waals surface area contributed by atoms with Gasteiger partial charge in [-0.3, -0.25) is 0 Å². The number of aromatic nitrogens is 2. The molecule has 0 aromatic carbocycles. The lowest BCUT2D eigenvalue weighted by molar-refractivity contribution is 0.0253. The highest BCUT2D eigenvalue weighted by atomic mass is 32.2. The Balaban J connectivity index is 1.85. The summed E-state index contributed by atoms with van der Waals surface area (Å²) in [6, 6.07) is -0.525. The summed E-state index contributed by atoms with van der Waals surface area (Å²) >= 11 is 0. The maximum Gasteiger partial charge on any atom is 0.282 e. The Morgan fingerprint density at radius 1 is 1.12 bits per heavy atom. The van der Waals surface area contributed by atoms with Crippen molar-refractivity contribution in [2.75, 3.05) is 32.8 Å². The molecule has 2 aliphatic rings. The first-order chi connectivity index (χ1) is 11.5. The van der Waals surface area contributed by atoms with Crippen molar-refractivity contribution in [3.8, 4) is 0 Å². The second-order valence-corrected chi connectivity index (χ2v) is 8.55. The maximum atomic E-state index is 13.1. The zero-order chi connectivity index (χ0) is 17.2. The van der Waals surface area contributed by atoms with Gasteiger partial charge < -0.3 is 9.26 Å². The topological polar surface area (TPSA) is 88.8 Å². The first kappa shape index (κ1) is 17.8. The summed E-state index contributed by atoms with van der Waals surface area (Å²) in [5, 5.41) is 4.00. The lowest BCUT2D eigenvalue weighted by Crippen LogP contribution is -2.50. The van der Waals surface area contributed by atoms with Crippen molar-refractivity contribution in [2.24, 2.45) is 0 Å². The fourth-order valence-electron chi connectivity index (χ4n) is 3.11. The minimum Gasteiger partial charge on any atom is -0.378 e. The van der Waals surface area contributed by atoms with E-state index in [-0.39, 0.29) is 12.5 Å². The second kappa shape index (κ2) is 7.47. The van der Waals surface area contributed by atoms with Gasteiger partial charge in [0.05, 0.1) is 13.2 Å². The maximum absolute atomic E-state index is 13.1. The lowest BCUT2D eigenvalue weighted by atomic mass is 10.2. The predicted octanol–water partition coefficient (Wildman–Crippen LogP) is 1.69. The number of rotatable bonds is 4. The molecule has 9 heteroatoms. The first-order valence-corrected chi connectivity index (χ1v) is 10.1. The molecule has 0 spiro atoms. The highest BCUT2D eigenvalue weighted by Gasteiger charge is 2.40. The summed E-state index contributed by atoms with van der Waals surface area (Å²) in [6.45, 7) is 6.03. The van der Waals surface area contributed by atoms with E-state index >= 15 is 0 Å². The molecule has 0 aliphatic carbocycles. The van der Waals surface area contributed by atoms with Crippen LogP contribution in [0.1, 0.15) is 63.2 Å². The van der Waals surface area contributed by atoms with Crippen LogP contribution in [0.4, 0.5) is 0 Å². The number of hydrogen-bond acceptors (Lipinski definition) is 6. The van der Waals surface area contributed by atoms with Crippen LogP contribution in [-0.4, -0.2) is 60.0 Å². The van der Waals surface area contributed by atoms with Gasteiger partial charge in [0.15, 0.2) is 5.82 Å². The van der Waals surface area contributed by atoms with Crippen LogP contribution >= 0.6 is 0 Å². The van der Waals surface area contributed by atoms with Crippen LogP contribution < -0.4 is 0 Å². The van der Waals surface area contributed by atoms with Gasteiger partial charge in [0, 0.05) is 25.6 Å². The fourth-order valence-corrected chi connectivity index (χ4v) is 4.90. The van der Waals surface area contributed by atoms with E-state index in [1.165, 1.54) is 4.31 Å². The monoisotopic (exact) mass is 358 g/mol. The van der Waals surface area contributed by atoms with Gasteiger partial charge in [0.2, 0.25) is 5.89 Å². The van der Waals surface area contributed by atoms with Crippen molar-refractivity contribution in [3.63, 3.8) is 0 Å². The van der Waals surface area contributed by atoms with Crippen LogP contribution in [-0.2, 0) is 14.9 Å². The molecule has 0 N–H and O–H groups in total. The van der Waals surface area contributed by atoms with E-state index in [1.54, 1.807) is 4.31 Å². The third kappa shape index (κ3) is 3.63. The Morgan fingerprint density at radius 2 is 1.83 bits per heavy atom. The summed E-state index contributed by atoms with van der Waals surface area (Å²) in [6.07, 6.45) is 3.99. The van der Waals surface area contributed by atoms with Gasteiger partial charge in [-0.1, -0.05) is 31.8 Å². The molecule has 1 unspecified atom stereocenters. The smallest absolute Gasteiger partial charge is 0.282 e. The predicted molar refractivity (Wildman–Crippen MR) is 87.6 cm³/mol. The molecule has 0 radical (unpaired) electrons. The molecule has 24 heavy (non-hydrogen) atoms. The molecule has 2 aliphatic heterocycles. The van der Waals surface area contributed by atoms with Crippen molar-refractivity contribution in [1.82, 2.24) is 18.8 Å². The molecule has 2 fully saturated rings. The van der Waals surface area contributed by atoms with Crippen LogP contribution in [0.3, 0.4) is 0 Å². The summed E-state index contributed by atoms with van der Waals surface area (Å²) in [7, 11) is -3.55. The zero-order valence-electron chi connectivity index (χ0n) is 14.3. The Morgan fingerprint density at radius 3 is 2.46 bits per heavy atom. The highest BCUT2D eigenvalue weighted by molar-refractivity contribution is 7.86. The molecule has 0 saturated carbocycles. The highest BCUT2D eigenvalue weighted by Crippen LogP contribution is 2.28. The molecule has 1 aromatic rings. The van der Waals surface area contributed by atoms with Crippen molar-refractivity contribution in [1.29, 1.82) is 0 Å². The van der Waals surface area contributed by atoms with Crippen molar-refractivity contribution >= 4 is 10.2 Å². The van der Waals surface area contributed by atoms with Gasteiger partial charge in [-0.25, -0.2) is 0 Å². The molecular weight excluding hydrogens is 332 g/mol. The van der Waals surface area contributed by atoms with E-state index in [4.69, 9.17) is 9.26 Å². The molecule has 0 amide bonds. The quantitative estimate of drug-likeness (QED) is 0.814. The first-order valence-electron chi connectivity index (χ1n) is 8.68. The number of ether oxygens (including phenoxy) is 1. The SMILES string of the molecule is CC(C)c1nc(C2COCCN2S(=O)(=O)N2CCCCCC2)no1. The van der Waals surface area contributed by atoms with E-state index < -0.39 is 16.3 Å². The molecule has 8 nitrogen and oxygen atoms in total. The third-order valence-corrected chi connectivity index (χ3v) is 6.56. The van der Waals surface area contributed by atoms with Crippen molar-refractivity contribution in [3.05, 3.63) is 11.7 Å². The summed E-state index contributed by atoms with van der Waals surface area (Å²) in [5.74, 6) is 1.01. The number of morpholine rings is 1. The van der Waals surface area contributed by atoms with Gasteiger partial charge in [-0.2, -0.15) is 22.0 Å². The zero-order valence-corrected chi connectivity index (χ0v) is 15.2. The van der Waals surface area contributed by atoms with Crippen LogP contribution in [0.25, 0.3) is 0 Å². The Hall–Kier alpha value is -1.03. The Labute approximate surface area is 143 Å². The van der Waals surface area contributed by atoms with Crippen molar-refractivity contribution < 1.29 is 17.7 Å². The fraction of sp³-hybridized carbons (Fsp3) is 0.867. The van der Waals surface area contributed by atoms with E-state index in [9.17, 15) is 8.42 Å². The Kier molecular flexibility index (Phi) is 5.53. The third-order valence-electron chi connectivity index (χ3n) is 4.52. The molecule has 2 saturated heterocycles. The van der Waals surface area contributed by atoms with E-state index in [0.717, 1.165) is 25.7 Å². The minimum absolute atomic E-state index is 0.103. The average Bonchev–Trinajstić information content (AvgIpc) is 2.90.